The molecule has 1 atom stereocenters. The number of ether oxygens (including phenoxy) is 1. The van der Waals surface area contributed by atoms with Crippen molar-refractivity contribution >= 4 is 17.5 Å². The maximum Gasteiger partial charge on any atom is 0.256 e. The molecule has 3 rings (SSSR count). The lowest BCUT2D eigenvalue weighted by atomic mass is 10.1. The van der Waals surface area contributed by atoms with Crippen LogP contribution < -0.4 is 5.32 Å². The zero-order valence-electron chi connectivity index (χ0n) is 13.4. The predicted octanol–water partition coefficient (Wildman–Crippen LogP) is -0.102. The molecule has 0 radical (unpaired) electrons. The fourth-order valence-corrected chi connectivity index (χ4v) is 2.95. The average molecular weight is 319 g/mol. The topological polar surface area (TPSA) is 80.9 Å². The lowest BCUT2D eigenvalue weighted by Gasteiger charge is -2.16. The SMILES string of the molecule is COCCN1C[C@@H](CNC(=O)c2cnn3ccn(C)c23)CC1=O. The summed E-state index contributed by atoms with van der Waals surface area (Å²) in [6.07, 6.45) is 5.69. The molecule has 1 saturated heterocycles. The number of likely N-dealkylation sites (tertiary alicyclic amines) is 1. The molecule has 8 nitrogen and oxygen atoms in total. The Kier molecular flexibility index (Phi) is 4.33. The van der Waals surface area contributed by atoms with Crippen LogP contribution in [0.15, 0.2) is 18.6 Å². The van der Waals surface area contributed by atoms with E-state index in [0.29, 0.717) is 38.2 Å². The van der Waals surface area contributed by atoms with Crippen LogP contribution >= 0.6 is 0 Å². The Morgan fingerprint density at radius 1 is 1.48 bits per heavy atom. The number of amides is 2. The molecule has 2 amide bonds. The van der Waals surface area contributed by atoms with Gasteiger partial charge in [0, 0.05) is 58.5 Å². The first-order chi connectivity index (χ1) is 11.1. The number of hydrogen-bond acceptors (Lipinski definition) is 4. The molecule has 8 heteroatoms. The summed E-state index contributed by atoms with van der Waals surface area (Å²) in [5.41, 5.74) is 1.30. The Morgan fingerprint density at radius 3 is 3.09 bits per heavy atom. The number of aromatic nitrogens is 3. The number of nitrogens with zero attached hydrogens (tertiary/aromatic N) is 4. The van der Waals surface area contributed by atoms with Gasteiger partial charge in [0.1, 0.15) is 11.2 Å². The predicted molar refractivity (Wildman–Crippen MR) is 83.1 cm³/mol. The lowest BCUT2D eigenvalue weighted by Crippen LogP contribution is -2.32. The maximum absolute atomic E-state index is 12.4. The summed E-state index contributed by atoms with van der Waals surface area (Å²) >= 11 is 0. The summed E-state index contributed by atoms with van der Waals surface area (Å²) in [5.74, 6) is 0.101. The van der Waals surface area contributed by atoms with Crippen LogP contribution in [0.25, 0.3) is 5.65 Å². The molecule has 0 aromatic carbocycles. The van der Waals surface area contributed by atoms with Gasteiger partial charge >= 0.3 is 0 Å². The van der Waals surface area contributed by atoms with Crippen molar-refractivity contribution in [3.8, 4) is 0 Å². The van der Waals surface area contributed by atoms with Crippen molar-refractivity contribution in [3.05, 3.63) is 24.2 Å². The zero-order chi connectivity index (χ0) is 16.4. The van der Waals surface area contributed by atoms with E-state index in [1.54, 1.807) is 28.9 Å². The molecule has 0 unspecified atom stereocenters. The first-order valence-electron chi connectivity index (χ1n) is 7.63. The van der Waals surface area contributed by atoms with E-state index in [9.17, 15) is 9.59 Å². The Labute approximate surface area is 134 Å². The van der Waals surface area contributed by atoms with E-state index in [0.717, 1.165) is 5.65 Å². The monoisotopic (exact) mass is 319 g/mol. The van der Waals surface area contributed by atoms with Gasteiger partial charge in [0.2, 0.25) is 5.91 Å². The van der Waals surface area contributed by atoms with E-state index in [4.69, 9.17) is 4.74 Å². The smallest absolute Gasteiger partial charge is 0.256 e. The molecule has 0 saturated carbocycles. The Morgan fingerprint density at radius 2 is 2.30 bits per heavy atom. The molecular formula is C15H21N5O3. The van der Waals surface area contributed by atoms with Crippen LogP contribution in [0.4, 0.5) is 0 Å². The quantitative estimate of drug-likeness (QED) is 0.806. The van der Waals surface area contributed by atoms with Crippen molar-refractivity contribution < 1.29 is 14.3 Å². The second-order valence-corrected chi connectivity index (χ2v) is 5.85. The summed E-state index contributed by atoms with van der Waals surface area (Å²) in [6.45, 7) is 2.28. The highest BCUT2D eigenvalue weighted by atomic mass is 16.5. The van der Waals surface area contributed by atoms with Crippen LogP contribution in [0.5, 0.6) is 0 Å². The molecule has 23 heavy (non-hydrogen) atoms. The summed E-state index contributed by atoms with van der Waals surface area (Å²) < 4.78 is 8.53. The van der Waals surface area contributed by atoms with Gasteiger partial charge in [0.15, 0.2) is 0 Å². The van der Waals surface area contributed by atoms with Gasteiger partial charge < -0.3 is 19.5 Å². The second kappa shape index (κ2) is 6.41. The molecular weight excluding hydrogens is 298 g/mol. The molecule has 0 aliphatic carbocycles. The minimum Gasteiger partial charge on any atom is -0.383 e. The fourth-order valence-electron chi connectivity index (χ4n) is 2.95. The van der Waals surface area contributed by atoms with Crippen molar-refractivity contribution in [1.82, 2.24) is 24.4 Å². The van der Waals surface area contributed by atoms with Gasteiger partial charge in [0.05, 0.1) is 12.8 Å². The average Bonchev–Trinajstić information content (AvgIpc) is 3.20. The molecule has 1 aliphatic rings. The first-order valence-corrected chi connectivity index (χ1v) is 7.63. The highest BCUT2D eigenvalue weighted by Crippen LogP contribution is 2.17. The fraction of sp³-hybridized carbons (Fsp3) is 0.533. The molecule has 3 heterocycles. The van der Waals surface area contributed by atoms with E-state index in [1.165, 1.54) is 0 Å². The molecule has 124 valence electrons. The molecule has 0 spiro atoms. The van der Waals surface area contributed by atoms with Gasteiger partial charge in [-0.2, -0.15) is 5.10 Å². The van der Waals surface area contributed by atoms with Crippen LogP contribution in [0.1, 0.15) is 16.8 Å². The minimum atomic E-state index is -0.162. The van der Waals surface area contributed by atoms with Crippen molar-refractivity contribution in [2.75, 3.05) is 33.4 Å². The van der Waals surface area contributed by atoms with Gasteiger partial charge in [0.25, 0.3) is 5.91 Å². The number of hydrogen-bond donors (Lipinski definition) is 1. The van der Waals surface area contributed by atoms with Crippen molar-refractivity contribution in [2.45, 2.75) is 6.42 Å². The van der Waals surface area contributed by atoms with E-state index >= 15 is 0 Å². The van der Waals surface area contributed by atoms with Crippen LogP contribution in [-0.2, 0) is 16.6 Å². The molecule has 2 aromatic heterocycles. The van der Waals surface area contributed by atoms with Crippen molar-refractivity contribution in [1.29, 1.82) is 0 Å². The number of carbonyl (C=O) groups is 2. The van der Waals surface area contributed by atoms with Crippen LogP contribution in [0, 0.1) is 5.92 Å². The molecule has 0 bridgehead atoms. The Bertz CT molecular complexity index is 720. The second-order valence-electron chi connectivity index (χ2n) is 5.85. The lowest BCUT2D eigenvalue weighted by molar-refractivity contribution is -0.128. The summed E-state index contributed by atoms with van der Waals surface area (Å²) in [5, 5.41) is 7.07. The summed E-state index contributed by atoms with van der Waals surface area (Å²) in [6, 6.07) is 0. The van der Waals surface area contributed by atoms with E-state index in [2.05, 4.69) is 10.4 Å². The molecule has 1 aliphatic heterocycles. The van der Waals surface area contributed by atoms with Crippen LogP contribution in [0.3, 0.4) is 0 Å². The normalized spacial score (nSPS) is 18.1. The Hall–Kier alpha value is -2.35. The van der Waals surface area contributed by atoms with Crippen LogP contribution in [-0.4, -0.2) is 64.2 Å². The third-order valence-corrected chi connectivity index (χ3v) is 4.19. The minimum absolute atomic E-state index is 0.122. The molecule has 1 fully saturated rings. The third kappa shape index (κ3) is 3.07. The van der Waals surface area contributed by atoms with Gasteiger partial charge in [-0.25, -0.2) is 4.52 Å². The van der Waals surface area contributed by atoms with E-state index in [-0.39, 0.29) is 17.7 Å². The summed E-state index contributed by atoms with van der Waals surface area (Å²) in [4.78, 5) is 26.0. The highest BCUT2D eigenvalue weighted by Gasteiger charge is 2.29. The van der Waals surface area contributed by atoms with Gasteiger partial charge in [-0.3, -0.25) is 9.59 Å². The van der Waals surface area contributed by atoms with E-state index < -0.39 is 0 Å². The molecule has 2 aromatic rings. The standard InChI is InChI=1S/C15H21N5O3/c1-18-3-4-20-15(18)12(9-17-20)14(22)16-8-11-7-13(21)19(10-11)5-6-23-2/h3-4,9,11H,5-8,10H2,1-2H3,(H,16,22)/t11-/m1/s1. The van der Waals surface area contributed by atoms with Crippen molar-refractivity contribution in [2.24, 2.45) is 13.0 Å². The summed E-state index contributed by atoms with van der Waals surface area (Å²) in [7, 11) is 3.49. The van der Waals surface area contributed by atoms with Gasteiger partial charge in [-0.05, 0) is 0 Å². The number of methoxy groups -OCH3 is 1. The third-order valence-electron chi connectivity index (χ3n) is 4.19. The molecule has 1 N–H and O–H groups in total. The number of nitrogens with one attached hydrogen (secondary N) is 1. The zero-order valence-corrected chi connectivity index (χ0v) is 13.4. The first kappa shape index (κ1) is 15.5. The maximum atomic E-state index is 12.4. The van der Waals surface area contributed by atoms with Gasteiger partial charge in [-0.15, -0.1) is 0 Å². The number of carbonyl (C=O) groups excluding carboxylic acids is 2. The largest absolute Gasteiger partial charge is 0.383 e. The van der Waals surface area contributed by atoms with Crippen molar-refractivity contribution in [3.63, 3.8) is 0 Å². The van der Waals surface area contributed by atoms with E-state index in [1.807, 2.05) is 17.8 Å². The number of rotatable bonds is 6. The number of aryl methyl sites for hydroxylation is 1. The number of fused-ring (bicyclic) bond motifs is 1. The van der Waals surface area contributed by atoms with Crippen LogP contribution in [0.2, 0.25) is 0 Å². The van der Waals surface area contributed by atoms with Gasteiger partial charge in [-0.1, -0.05) is 0 Å². The Balaban J connectivity index is 1.57. The highest BCUT2D eigenvalue weighted by molar-refractivity contribution is 5.99. The number of imidazole rings is 1.